The molecule has 15 heavy (non-hydrogen) atoms. The second-order valence-corrected chi connectivity index (χ2v) is 5.36. The number of benzene rings is 1. The van der Waals surface area contributed by atoms with Gasteiger partial charge in [0.1, 0.15) is 11.7 Å². The molecule has 1 aromatic carbocycles. The van der Waals surface area contributed by atoms with Gasteiger partial charge in [-0.05, 0) is 11.5 Å². The number of hydrogen-bond acceptors (Lipinski definition) is 3. The Morgan fingerprint density at radius 2 is 2.33 bits per heavy atom. The Balaban J connectivity index is 2.38. The highest BCUT2D eigenvalue weighted by molar-refractivity contribution is 7.97. The normalized spacial score (nSPS) is 14.7. The quantitative estimate of drug-likeness (QED) is 0.713. The molecule has 2 nitrogen and oxygen atoms in total. The second-order valence-electron chi connectivity index (χ2n) is 3.25. The van der Waals surface area contributed by atoms with Gasteiger partial charge in [-0.2, -0.15) is 0 Å². The van der Waals surface area contributed by atoms with Gasteiger partial charge in [-0.15, -0.1) is 24.0 Å². The summed E-state index contributed by atoms with van der Waals surface area (Å²) in [5.74, 6) is 0. The van der Waals surface area contributed by atoms with Crippen LogP contribution in [0.3, 0.4) is 0 Å². The Hall–Kier alpha value is -0.710. The van der Waals surface area contributed by atoms with E-state index < -0.39 is 0 Å². The lowest BCUT2D eigenvalue weighted by Crippen LogP contribution is -2.06. The van der Waals surface area contributed by atoms with Crippen LogP contribution >= 0.6 is 35.6 Å². The first kappa shape index (κ1) is 9.51. The van der Waals surface area contributed by atoms with Crippen LogP contribution in [-0.2, 0) is 11.4 Å². The van der Waals surface area contributed by atoms with Crippen molar-refractivity contribution in [1.29, 1.82) is 0 Å². The van der Waals surface area contributed by atoms with Crippen LogP contribution in [-0.4, -0.2) is 5.04 Å². The van der Waals surface area contributed by atoms with Gasteiger partial charge < -0.3 is 4.84 Å². The second kappa shape index (κ2) is 3.40. The van der Waals surface area contributed by atoms with E-state index in [1.54, 1.807) is 11.3 Å². The molecule has 5 heteroatoms. The lowest BCUT2D eigenvalue weighted by atomic mass is 10.1. The maximum absolute atomic E-state index is 5.99. The van der Waals surface area contributed by atoms with Gasteiger partial charge in [0.15, 0.2) is 0 Å². The summed E-state index contributed by atoms with van der Waals surface area (Å²) in [5, 5.41) is 5.61. The predicted octanol–water partition coefficient (Wildman–Crippen LogP) is 3.68. The van der Waals surface area contributed by atoms with E-state index in [0.29, 0.717) is 11.7 Å². The highest BCUT2D eigenvalue weighted by Gasteiger charge is 2.17. The Morgan fingerprint density at radius 1 is 1.47 bits per heavy atom. The van der Waals surface area contributed by atoms with Gasteiger partial charge in [0, 0.05) is 15.8 Å². The molecule has 1 aromatic heterocycles. The molecule has 0 atom stereocenters. The van der Waals surface area contributed by atoms with Crippen LogP contribution in [0.25, 0.3) is 10.1 Å². The minimum Gasteiger partial charge on any atom is -0.390 e. The Labute approximate surface area is 101 Å². The minimum atomic E-state index is 0.494. The molecule has 2 aromatic rings. The van der Waals surface area contributed by atoms with Gasteiger partial charge in [0.05, 0.1) is 4.34 Å². The summed E-state index contributed by atoms with van der Waals surface area (Å²) in [4.78, 5) is 5.10. The molecular formula is C10H6ClNOS2. The van der Waals surface area contributed by atoms with Crippen molar-refractivity contribution in [1.82, 2.24) is 0 Å². The van der Waals surface area contributed by atoms with Gasteiger partial charge >= 0.3 is 0 Å². The molecule has 76 valence electrons. The average molecular weight is 256 g/mol. The van der Waals surface area contributed by atoms with E-state index in [1.807, 2.05) is 18.2 Å². The molecule has 0 amide bonds. The molecule has 1 aliphatic rings. The van der Waals surface area contributed by atoms with Gasteiger partial charge in [-0.25, -0.2) is 0 Å². The molecule has 0 fully saturated rings. The highest BCUT2D eigenvalue weighted by Crippen LogP contribution is 2.35. The van der Waals surface area contributed by atoms with Crippen molar-refractivity contribution in [3.8, 4) is 0 Å². The molecule has 2 heterocycles. The fraction of sp³-hybridized carbons (Fsp3) is 0.100. The van der Waals surface area contributed by atoms with Crippen LogP contribution in [0.2, 0.25) is 4.34 Å². The average Bonchev–Trinajstić information content (AvgIpc) is 2.59. The summed E-state index contributed by atoms with van der Waals surface area (Å²) in [6.07, 6.45) is 0. The number of thiol groups is 1. The zero-order valence-corrected chi connectivity index (χ0v) is 9.99. The lowest BCUT2D eigenvalue weighted by Gasteiger charge is -2.13. The Kier molecular flexibility index (Phi) is 2.16. The van der Waals surface area contributed by atoms with Crippen LogP contribution in [0.15, 0.2) is 23.4 Å². The number of halogens is 1. The number of oxime groups is 1. The Morgan fingerprint density at radius 3 is 3.20 bits per heavy atom. The van der Waals surface area contributed by atoms with Crippen LogP contribution in [0, 0.1) is 0 Å². The van der Waals surface area contributed by atoms with E-state index in [1.165, 1.54) is 4.70 Å². The minimum absolute atomic E-state index is 0.494. The third-order valence-corrected chi connectivity index (χ3v) is 4.02. The van der Waals surface area contributed by atoms with Crippen LogP contribution in [0.1, 0.15) is 11.1 Å². The van der Waals surface area contributed by atoms with Gasteiger partial charge in [0.2, 0.25) is 0 Å². The molecule has 0 radical (unpaired) electrons. The van der Waals surface area contributed by atoms with E-state index in [0.717, 1.165) is 20.8 Å². The number of rotatable bonds is 0. The van der Waals surface area contributed by atoms with E-state index in [9.17, 15) is 0 Å². The van der Waals surface area contributed by atoms with Crippen LogP contribution < -0.4 is 0 Å². The molecule has 0 saturated heterocycles. The molecule has 0 spiro atoms. The highest BCUT2D eigenvalue weighted by atomic mass is 35.5. The van der Waals surface area contributed by atoms with Crippen molar-refractivity contribution in [3.63, 3.8) is 0 Å². The third kappa shape index (κ3) is 1.44. The standard InChI is InChI=1S/C10H6ClNOS2/c11-8-3-5-1-2-6-7(9(5)15-8)4-13-12-10(6)14/h1-3H,4H2,(H,12,14). The lowest BCUT2D eigenvalue weighted by molar-refractivity contribution is 0.128. The summed E-state index contributed by atoms with van der Waals surface area (Å²) in [6, 6.07) is 6.01. The third-order valence-electron chi connectivity index (χ3n) is 2.36. The molecule has 1 aliphatic heterocycles. The van der Waals surface area contributed by atoms with E-state index in [2.05, 4.69) is 17.8 Å². The number of nitrogens with zero attached hydrogens (tertiary/aromatic N) is 1. The molecule has 0 bridgehead atoms. The topological polar surface area (TPSA) is 21.6 Å². The summed E-state index contributed by atoms with van der Waals surface area (Å²) in [7, 11) is 0. The van der Waals surface area contributed by atoms with Crippen molar-refractivity contribution < 1.29 is 4.84 Å². The fourth-order valence-corrected chi connectivity index (χ4v) is 3.22. The van der Waals surface area contributed by atoms with Crippen LogP contribution in [0.5, 0.6) is 0 Å². The largest absolute Gasteiger partial charge is 0.390 e. The van der Waals surface area contributed by atoms with Crippen molar-refractivity contribution in [2.75, 3.05) is 0 Å². The molecule has 0 N–H and O–H groups in total. The molecular weight excluding hydrogens is 250 g/mol. The SMILES string of the molecule is SC1=NOCc2c1ccc1cc(Cl)sc21. The van der Waals surface area contributed by atoms with Crippen molar-refractivity contribution >= 4 is 50.7 Å². The van der Waals surface area contributed by atoms with Crippen LogP contribution in [0.4, 0.5) is 0 Å². The monoisotopic (exact) mass is 255 g/mol. The van der Waals surface area contributed by atoms with E-state index >= 15 is 0 Å². The first-order chi connectivity index (χ1) is 7.25. The van der Waals surface area contributed by atoms with E-state index in [4.69, 9.17) is 16.4 Å². The van der Waals surface area contributed by atoms with Gasteiger partial charge in [-0.3, -0.25) is 0 Å². The van der Waals surface area contributed by atoms with Gasteiger partial charge in [0.25, 0.3) is 0 Å². The number of thiophene rings is 1. The molecule has 0 aliphatic carbocycles. The number of fused-ring (bicyclic) bond motifs is 3. The zero-order chi connectivity index (χ0) is 10.4. The summed E-state index contributed by atoms with van der Waals surface area (Å²) in [5.41, 5.74) is 2.17. The zero-order valence-electron chi connectivity index (χ0n) is 7.53. The Bertz CT molecular complexity index is 576. The summed E-state index contributed by atoms with van der Waals surface area (Å²) < 4.78 is 1.96. The van der Waals surface area contributed by atoms with E-state index in [-0.39, 0.29) is 0 Å². The number of hydrogen-bond donors (Lipinski definition) is 1. The molecule has 3 rings (SSSR count). The smallest absolute Gasteiger partial charge is 0.144 e. The first-order valence-electron chi connectivity index (χ1n) is 4.36. The maximum Gasteiger partial charge on any atom is 0.144 e. The maximum atomic E-state index is 5.99. The van der Waals surface area contributed by atoms with Crippen molar-refractivity contribution in [2.24, 2.45) is 5.16 Å². The van der Waals surface area contributed by atoms with Gasteiger partial charge in [-0.1, -0.05) is 28.9 Å². The molecule has 0 saturated carbocycles. The van der Waals surface area contributed by atoms with Crippen molar-refractivity contribution in [2.45, 2.75) is 6.61 Å². The summed E-state index contributed by atoms with van der Waals surface area (Å²) in [6.45, 7) is 0.494. The first-order valence-corrected chi connectivity index (χ1v) is 6.00. The predicted molar refractivity (Wildman–Crippen MR) is 67.1 cm³/mol. The summed E-state index contributed by atoms with van der Waals surface area (Å²) >= 11 is 11.8. The van der Waals surface area contributed by atoms with Crippen molar-refractivity contribution in [3.05, 3.63) is 33.7 Å². The fourth-order valence-electron chi connectivity index (χ4n) is 1.69. The molecule has 0 unspecified atom stereocenters.